The number of benzene rings is 1. The van der Waals surface area contributed by atoms with Crippen molar-refractivity contribution in [2.75, 3.05) is 13.2 Å². The third-order valence-electron chi connectivity index (χ3n) is 6.99. The van der Waals surface area contributed by atoms with Crippen LogP contribution in [0.3, 0.4) is 0 Å². The third-order valence-corrected chi connectivity index (χ3v) is 8.69. The van der Waals surface area contributed by atoms with Gasteiger partial charge in [0.25, 0.3) is 0 Å². The van der Waals surface area contributed by atoms with Gasteiger partial charge >= 0.3 is 5.69 Å². The lowest BCUT2D eigenvalue weighted by atomic mass is 9.74. The Labute approximate surface area is 203 Å². The first kappa shape index (κ1) is 25.1. The smallest absolute Gasteiger partial charge is 0.348 e. The van der Waals surface area contributed by atoms with Crippen LogP contribution in [-0.2, 0) is 34.2 Å². The molecule has 34 heavy (non-hydrogen) atoms. The molecule has 0 spiro atoms. The number of ketones is 1. The van der Waals surface area contributed by atoms with Gasteiger partial charge in [-0.25, -0.2) is 4.79 Å². The number of hydrogen-bond donors (Lipinski definition) is 0. The normalized spacial score (nSPS) is 18.4. The van der Waals surface area contributed by atoms with Gasteiger partial charge < -0.3 is 9.47 Å². The monoisotopic (exact) mass is 485 g/mol. The highest BCUT2D eigenvalue weighted by molar-refractivity contribution is 6.76. The highest BCUT2D eigenvalue weighted by Crippen LogP contribution is 2.41. The number of carbonyl (C=O) groups excluding carboxylic acids is 1. The summed E-state index contributed by atoms with van der Waals surface area (Å²) in [5.41, 5.74) is 0.792. The average molecular weight is 486 g/mol. The molecule has 0 radical (unpaired) electrons. The summed E-state index contributed by atoms with van der Waals surface area (Å²) >= 11 is 0. The van der Waals surface area contributed by atoms with E-state index in [0.29, 0.717) is 50.9 Å². The molecule has 0 amide bonds. The lowest BCUT2D eigenvalue weighted by Gasteiger charge is -2.36. The van der Waals surface area contributed by atoms with Crippen LogP contribution in [0.2, 0.25) is 25.7 Å². The molecule has 2 aliphatic rings. The largest absolute Gasteiger partial charge is 0.376 e. The van der Waals surface area contributed by atoms with Gasteiger partial charge in [-0.05, 0) is 37.3 Å². The van der Waals surface area contributed by atoms with Crippen molar-refractivity contribution in [3.05, 3.63) is 52.2 Å². The molecule has 1 aromatic heterocycles. The summed E-state index contributed by atoms with van der Waals surface area (Å²) in [5, 5.41) is 4.69. The zero-order valence-electron chi connectivity index (χ0n) is 20.9. The van der Waals surface area contributed by atoms with Crippen LogP contribution in [-0.4, -0.2) is 41.4 Å². The SMILES string of the molecule is C[Si](C)(C)CCOCn1nc(C2CC2)n(CC2(COCc3ccccc3)CCC(=O)CC2)c1=O. The summed E-state index contributed by atoms with van der Waals surface area (Å²) < 4.78 is 15.4. The maximum atomic E-state index is 13.4. The molecule has 8 heteroatoms. The molecule has 1 aromatic carbocycles. The van der Waals surface area contributed by atoms with Crippen LogP contribution in [0.25, 0.3) is 0 Å². The quantitative estimate of drug-likeness (QED) is 0.325. The van der Waals surface area contributed by atoms with Crippen molar-refractivity contribution in [3.8, 4) is 0 Å². The number of hydrogen-bond acceptors (Lipinski definition) is 5. The zero-order valence-corrected chi connectivity index (χ0v) is 21.9. The summed E-state index contributed by atoms with van der Waals surface area (Å²) in [7, 11) is -1.18. The second kappa shape index (κ2) is 10.7. The maximum absolute atomic E-state index is 13.4. The highest BCUT2D eigenvalue weighted by Gasteiger charge is 2.39. The maximum Gasteiger partial charge on any atom is 0.348 e. The predicted molar refractivity (Wildman–Crippen MR) is 135 cm³/mol. The van der Waals surface area contributed by atoms with E-state index < -0.39 is 8.07 Å². The Morgan fingerprint density at radius 3 is 2.41 bits per heavy atom. The molecule has 4 rings (SSSR count). The number of nitrogens with zero attached hydrogens (tertiary/aromatic N) is 3. The van der Waals surface area contributed by atoms with E-state index in [1.54, 1.807) is 0 Å². The molecular formula is C26H39N3O4Si. The topological polar surface area (TPSA) is 75.3 Å². The number of aromatic nitrogens is 3. The van der Waals surface area contributed by atoms with Crippen LogP contribution >= 0.6 is 0 Å². The lowest BCUT2D eigenvalue weighted by Crippen LogP contribution is -2.40. The zero-order chi connectivity index (χ0) is 24.2. The van der Waals surface area contributed by atoms with E-state index in [-0.39, 0.29) is 17.8 Å². The van der Waals surface area contributed by atoms with Crippen molar-refractivity contribution in [3.63, 3.8) is 0 Å². The van der Waals surface area contributed by atoms with E-state index in [1.807, 2.05) is 22.8 Å². The molecule has 2 aromatic rings. The first-order valence-electron chi connectivity index (χ1n) is 12.6. The van der Waals surface area contributed by atoms with Crippen LogP contribution < -0.4 is 5.69 Å². The van der Waals surface area contributed by atoms with Crippen molar-refractivity contribution in [2.45, 2.75) is 90.0 Å². The molecule has 0 bridgehead atoms. The molecule has 186 valence electrons. The summed E-state index contributed by atoms with van der Waals surface area (Å²) in [6, 6.07) is 11.2. The minimum Gasteiger partial charge on any atom is -0.376 e. The van der Waals surface area contributed by atoms with E-state index in [9.17, 15) is 9.59 Å². The van der Waals surface area contributed by atoms with Gasteiger partial charge in [0.15, 0.2) is 0 Å². The summed E-state index contributed by atoms with van der Waals surface area (Å²) in [6.45, 7) is 9.42. The van der Waals surface area contributed by atoms with E-state index in [0.717, 1.165) is 43.1 Å². The van der Waals surface area contributed by atoms with Crippen molar-refractivity contribution in [2.24, 2.45) is 5.41 Å². The van der Waals surface area contributed by atoms with E-state index in [1.165, 1.54) is 4.68 Å². The van der Waals surface area contributed by atoms with Gasteiger partial charge in [-0.1, -0.05) is 50.0 Å². The van der Waals surface area contributed by atoms with E-state index in [2.05, 4.69) is 31.8 Å². The van der Waals surface area contributed by atoms with Crippen LogP contribution in [0, 0.1) is 5.41 Å². The van der Waals surface area contributed by atoms with E-state index in [4.69, 9.17) is 14.6 Å². The number of rotatable bonds is 12. The highest BCUT2D eigenvalue weighted by atomic mass is 28.3. The van der Waals surface area contributed by atoms with Crippen molar-refractivity contribution in [1.29, 1.82) is 0 Å². The Kier molecular flexibility index (Phi) is 7.89. The molecule has 7 nitrogen and oxygen atoms in total. The Morgan fingerprint density at radius 1 is 1.06 bits per heavy atom. The Morgan fingerprint density at radius 2 is 1.76 bits per heavy atom. The molecule has 0 saturated heterocycles. The predicted octanol–water partition coefficient (Wildman–Crippen LogP) is 4.58. The van der Waals surface area contributed by atoms with Gasteiger partial charge in [0.05, 0.1) is 13.2 Å². The molecule has 2 aliphatic carbocycles. The van der Waals surface area contributed by atoms with Gasteiger partial charge in [0, 0.05) is 45.4 Å². The third kappa shape index (κ3) is 6.76. The summed E-state index contributed by atoms with van der Waals surface area (Å²) in [4.78, 5) is 25.4. The first-order valence-corrected chi connectivity index (χ1v) is 16.3. The van der Waals surface area contributed by atoms with Gasteiger partial charge in [-0.3, -0.25) is 9.36 Å². The Bertz CT molecular complexity index is 1010. The molecule has 2 fully saturated rings. The molecule has 0 atom stereocenters. The molecule has 1 heterocycles. The minimum atomic E-state index is -1.18. The van der Waals surface area contributed by atoms with Gasteiger partial charge in [0.1, 0.15) is 18.3 Å². The number of ether oxygens (including phenoxy) is 2. The molecule has 0 aliphatic heterocycles. The van der Waals surface area contributed by atoms with Crippen LogP contribution in [0.15, 0.2) is 35.1 Å². The van der Waals surface area contributed by atoms with Gasteiger partial charge in [0.2, 0.25) is 0 Å². The number of carbonyl (C=O) groups is 1. The second-order valence-electron chi connectivity index (χ2n) is 11.4. The first-order chi connectivity index (χ1) is 16.2. The van der Waals surface area contributed by atoms with Crippen molar-refractivity contribution >= 4 is 13.9 Å². The molecule has 2 saturated carbocycles. The van der Waals surface area contributed by atoms with Crippen molar-refractivity contribution in [1.82, 2.24) is 14.3 Å². The fourth-order valence-corrected chi connectivity index (χ4v) is 5.32. The van der Waals surface area contributed by atoms with Crippen molar-refractivity contribution < 1.29 is 14.3 Å². The second-order valence-corrected chi connectivity index (χ2v) is 17.0. The Hall–Kier alpha value is -2.03. The lowest BCUT2D eigenvalue weighted by molar-refractivity contribution is -0.124. The van der Waals surface area contributed by atoms with Crippen LogP contribution in [0.4, 0.5) is 0 Å². The van der Waals surface area contributed by atoms with E-state index >= 15 is 0 Å². The number of Topliss-reactive ketones (excluding diaryl/α,β-unsaturated/α-hetero) is 1. The minimum absolute atomic E-state index is 0.103. The summed E-state index contributed by atoms with van der Waals surface area (Å²) in [6.07, 6.45) is 4.74. The fraction of sp³-hybridized carbons (Fsp3) is 0.654. The average Bonchev–Trinajstić information content (AvgIpc) is 3.60. The molecular weight excluding hydrogens is 446 g/mol. The van der Waals surface area contributed by atoms with Crippen LogP contribution in [0.1, 0.15) is 55.8 Å². The molecule has 0 N–H and O–H groups in total. The molecule has 0 unspecified atom stereocenters. The standard InChI is InChI=1S/C26H39N3O4Si/c1-34(2,3)16-15-32-20-29-25(31)28(24(27-29)22-9-10-22)18-26(13-11-23(30)12-14-26)19-33-17-21-7-5-4-6-8-21/h4-8,22H,9-20H2,1-3H3. The van der Waals surface area contributed by atoms with Gasteiger partial charge in [-0.15, -0.1) is 0 Å². The van der Waals surface area contributed by atoms with Gasteiger partial charge in [-0.2, -0.15) is 9.78 Å². The fourth-order valence-electron chi connectivity index (χ4n) is 4.57. The van der Waals surface area contributed by atoms with Crippen LogP contribution in [0.5, 0.6) is 0 Å². The Balaban J connectivity index is 1.48. The summed E-state index contributed by atoms with van der Waals surface area (Å²) in [5.74, 6) is 1.53.